The minimum atomic E-state index is -2.03. The molecule has 0 aromatic heterocycles. The van der Waals surface area contributed by atoms with Crippen molar-refractivity contribution in [1.29, 1.82) is 0 Å². The van der Waals surface area contributed by atoms with Gasteiger partial charge in [0.25, 0.3) is 5.91 Å². The van der Waals surface area contributed by atoms with Gasteiger partial charge in [0.1, 0.15) is 0 Å². The molecule has 6 heteroatoms. The summed E-state index contributed by atoms with van der Waals surface area (Å²) < 4.78 is 0. The van der Waals surface area contributed by atoms with Crippen LogP contribution in [0.1, 0.15) is 27.9 Å². The molecule has 1 heterocycles. The lowest BCUT2D eigenvalue weighted by atomic mass is 9.88. The van der Waals surface area contributed by atoms with Gasteiger partial charge >= 0.3 is 0 Å². The first-order chi connectivity index (χ1) is 16.9. The molecule has 0 bridgehead atoms. The summed E-state index contributed by atoms with van der Waals surface area (Å²) in [5.74, 6) is -0.921. The topological polar surface area (TPSA) is 57.6 Å². The first kappa shape index (κ1) is 23.3. The Balaban J connectivity index is 1.45. The first-order valence-corrected chi connectivity index (χ1v) is 11.9. The Morgan fingerprint density at radius 2 is 1.49 bits per heavy atom. The Bertz CT molecular complexity index is 1420. The number of rotatable bonds is 6. The number of carbonyl (C=O) groups excluding carboxylic acids is 2. The summed E-state index contributed by atoms with van der Waals surface area (Å²) >= 11 is 12.5. The second-order valence-electron chi connectivity index (χ2n) is 8.55. The lowest BCUT2D eigenvalue weighted by Gasteiger charge is -2.23. The highest BCUT2D eigenvalue weighted by Gasteiger charge is 2.51. The van der Waals surface area contributed by atoms with E-state index in [0.717, 1.165) is 16.7 Å². The Morgan fingerprint density at radius 3 is 2.20 bits per heavy atom. The van der Waals surface area contributed by atoms with Crippen LogP contribution < -0.4 is 4.90 Å². The van der Waals surface area contributed by atoms with Gasteiger partial charge in [-0.15, -0.1) is 0 Å². The molecule has 1 unspecified atom stereocenters. The van der Waals surface area contributed by atoms with Crippen molar-refractivity contribution in [2.75, 3.05) is 4.90 Å². The zero-order valence-electron chi connectivity index (χ0n) is 18.6. The molecule has 4 aromatic carbocycles. The van der Waals surface area contributed by atoms with Gasteiger partial charge in [0, 0.05) is 21.2 Å². The Morgan fingerprint density at radius 1 is 0.829 bits per heavy atom. The summed E-state index contributed by atoms with van der Waals surface area (Å²) in [6.45, 7) is 0.162. The molecular formula is C29H21Cl2NO3. The number of Topliss-reactive ketones (excluding diaryl/α,β-unsaturated/α-hetero) is 1. The molecule has 4 nitrogen and oxygen atoms in total. The summed E-state index contributed by atoms with van der Waals surface area (Å²) in [6.07, 6.45) is -0.400. The predicted molar refractivity (Wildman–Crippen MR) is 139 cm³/mol. The predicted octanol–water partition coefficient (Wildman–Crippen LogP) is 6.67. The molecule has 1 N–H and O–H groups in total. The van der Waals surface area contributed by atoms with Crippen LogP contribution >= 0.6 is 23.2 Å². The number of amides is 1. The number of anilines is 1. The van der Waals surface area contributed by atoms with Crippen molar-refractivity contribution < 1.29 is 14.7 Å². The largest absolute Gasteiger partial charge is 0.375 e. The van der Waals surface area contributed by atoms with Crippen molar-refractivity contribution in [1.82, 2.24) is 0 Å². The van der Waals surface area contributed by atoms with Gasteiger partial charge in [-0.2, -0.15) is 0 Å². The third kappa shape index (κ3) is 4.37. The van der Waals surface area contributed by atoms with Crippen molar-refractivity contribution >= 4 is 40.6 Å². The summed E-state index contributed by atoms with van der Waals surface area (Å²) in [5, 5.41) is 12.5. The van der Waals surface area contributed by atoms with E-state index in [-0.39, 0.29) is 12.3 Å². The molecule has 1 aliphatic heterocycles. The zero-order chi connectivity index (χ0) is 24.6. The van der Waals surface area contributed by atoms with E-state index in [2.05, 4.69) is 0 Å². The third-order valence-electron chi connectivity index (χ3n) is 6.31. The standard InChI is InChI=1S/C29H21Cl2NO3/c30-23-14-15-26-24(16-23)29(35,28(34)32(26)18-22-8-4-5-9-25(22)31)17-27(33)21-12-10-20(11-13-21)19-6-2-1-3-7-19/h1-16,35H,17-18H2. The SMILES string of the molecule is O=C(CC1(O)C(=O)N(Cc2ccccc2Cl)c2ccc(Cl)cc21)c1ccc(-c2ccccc2)cc1. The molecule has 4 aromatic rings. The maximum atomic E-state index is 13.6. The van der Waals surface area contributed by atoms with Crippen molar-refractivity contribution in [2.24, 2.45) is 0 Å². The molecule has 1 amide bonds. The van der Waals surface area contributed by atoms with E-state index >= 15 is 0 Å². The maximum absolute atomic E-state index is 13.6. The van der Waals surface area contributed by atoms with Crippen LogP contribution in [0.25, 0.3) is 11.1 Å². The first-order valence-electron chi connectivity index (χ1n) is 11.1. The number of halogens is 2. The van der Waals surface area contributed by atoms with Gasteiger partial charge in [0.15, 0.2) is 11.4 Å². The molecule has 35 heavy (non-hydrogen) atoms. The zero-order valence-corrected chi connectivity index (χ0v) is 20.1. The number of benzene rings is 4. The van der Waals surface area contributed by atoms with Gasteiger partial charge in [-0.25, -0.2) is 0 Å². The van der Waals surface area contributed by atoms with E-state index in [1.54, 1.807) is 36.4 Å². The summed E-state index contributed by atoms with van der Waals surface area (Å²) in [5.41, 5.74) is 1.95. The molecule has 0 spiro atoms. The van der Waals surface area contributed by atoms with E-state index < -0.39 is 17.9 Å². The van der Waals surface area contributed by atoms with Gasteiger partial charge in [-0.05, 0) is 41.0 Å². The van der Waals surface area contributed by atoms with E-state index in [0.29, 0.717) is 26.9 Å². The molecule has 0 aliphatic carbocycles. The van der Waals surface area contributed by atoms with Crippen LogP contribution in [-0.2, 0) is 16.9 Å². The molecular weight excluding hydrogens is 481 g/mol. The number of ketones is 1. The highest BCUT2D eigenvalue weighted by atomic mass is 35.5. The Labute approximate surface area is 213 Å². The normalized spacial score (nSPS) is 16.9. The van der Waals surface area contributed by atoms with E-state index in [1.807, 2.05) is 60.7 Å². The van der Waals surface area contributed by atoms with Crippen molar-refractivity contribution in [2.45, 2.75) is 18.6 Å². The number of nitrogens with zero attached hydrogens (tertiary/aromatic N) is 1. The fourth-order valence-corrected chi connectivity index (χ4v) is 4.83. The number of hydrogen-bond donors (Lipinski definition) is 1. The monoisotopic (exact) mass is 501 g/mol. The maximum Gasteiger partial charge on any atom is 0.264 e. The Kier molecular flexibility index (Phi) is 6.20. The number of aliphatic hydroxyl groups is 1. The van der Waals surface area contributed by atoms with E-state index in [9.17, 15) is 14.7 Å². The fraction of sp³-hybridized carbons (Fsp3) is 0.103. The average Bonchev–Trinajstić information content (AvgIpc) is 3.07. The van der Waals surface area contributed by atoms with Gasteiger partial charge in [-0.1, -0.05) is 96.0 Å². The number of hydrogen-bond acceptors (Lipinski definition) is 3. The molecule has 1 aliphatic rings. The van der Waals surface area contributed by atoms with Crippen LogP contribution in [0.4, 0.5) is 5.69 Å². The average molecular weight is 502 g/mol. The second-order valence-corrected chi connectivity index (χ2v) is 9.39. The van der Waals surface area contributed by atoms with Gasteiger partial charge in [0.2, 0.25) is 0 Å². The molecule has 0 saturated heterocycles. The smallest absolute Gasteiger partial charge is 0.264 e. The number of fused-ring (bicyclic) bond motifs is 1. The number of carbonyl (C=O) groups is 2. The van der Waals surface area contributed by atoms with E-state index in [1.165, 1.54) is 4.90 Å². The van der Waals surface area contributed by atoms with Crippen LogP contribution in [0.2, 0.25) is 10.0 Å². The molecule has 1 atom stereocenters. The summed E-state index contributed by atoms with van der Waals surface area (Å²) in [7, 11) is 0. The second kappa shape index (κ2) is 9.31. The summed E-state index contributed by atoms with van der Waals surface area (Å²) in [6, 6.07) is 29.1. The quantitative estimate of drug-likeness (QED) is 0.300. The van der Waals surface area contributed by atoms with Gasteiger partial charge < -0.3 is 10.0 Å². The van der Waals surface area contributed by atoms with Crippen LogP contribution in [0.15, 0.2) is 97.1 Å². The van der Waals surface area contributed by atoms with Crippen LogP contribution in [0.5, 0.6) is 0 Å². The van der Waals surface area contributed by atoms with Crippen LogP contribution in [0, 0.1) is 0 Å². The van der Waals surface area contributed by atoms with Crippen molar-refractivity contribution in [3.8, 4) is 11.1 Å². The Hall–Kier alpha value is -3.44. The van der Waals surface area contributed by atoms with Gasteiger partial charge in [0.05, 0.1) is 18.7 Å². The molecule has 0 radical (unpaired) electrons. The molecule has 0 saturated carbocycles. The van der Waals surface area contributed by atoms with E-state index in [4.69, 9.17) is 23.2 Å². The minimum absolute atomic E-state index is 0.162. The van der Waals surface area contributed by atoms with Crippen molar-refractivity contribution in [3.63, 3.8) is 0 Å². The highest BCUT2D eigenvalue weighted by molar-refractivity contribution is 6.31. The fourth-order valence-electron chi connectivity index (χ4n) is 4.46. The van der Waals surface area contributed by atoms with Gasteiger partial charge in [-0.3, -0.25) is 9.59 Å². The third-order valence-corrected chi connectivity index (χ3v) is 6.91. The molecule has 174 valence electrons. The molecule has 0 fully saturated rings. The lowest BCUT2D eigenvalue weighted by Crippen LogP contribution is -2.41. The van der Waals surface area contributed by atoms with Crippen molar-refractivity contribution in [3.05, 3.63) is 124 Å². The lowest BCUT2D eigenvalue weighted by molar-refractivity contribution is -0.136. The molecule has 5 rings (SSSR count). The highest BCUT2D eigenvalue weighted by Crippen LogP contribution is 2.45. The van der Waals surface area contributed by atoms with Crippen LogP contribution in [-0.4, -0.2) is 16.8 Å². The minimum Gasteiger partial charge on any atom is -0.375 e. The summed E-state index contributed by atoms with van der Waals surface area (Å²) in [4.78, 5) is 28.2. The van der Waals surface area contributed by atoms with Crippen LogP contribution in [0.3, 0.4) is 0 Å².